The molecule has 2 aliphatic heterocycles. The summed E-state index contributed by atoms with van der Waals surface area (Å²) in [5.74, 6) is -3.60. The topological polar surface area (TPSA) is 41.6 Å². The molecule has 0 radical (unpaired) electrons. The van der Waals surface area contributed by atoms with Crippen molar-refractivity contribution in [2.45, 2.75) is 38.3 Å². The van der Waals surface area contributed by atoms with Crippen LogP contribution in [0.15, 0.2) is 0 Å². The number of halogens is 2. The van der Waals surface area contributed by atoms with Crippen molar-refractivity contribution in [2.24, 2.45) is 5.92 Å². The lowest BCUT2D eigenvalue weighted by Crippen LogP contribution is -2.42. The summed E-state index contributed by atoms with van der Waals surface area (Å²) in [5, 5.41) is 2.90. The quantitative estimate of drug-likeness (QED) is 0.705. The molecule has 4 nitrogen and oxygen atoms in total. The van der Waals surface area contributed by atoms with Gasteiger partial charge in [0.05, 0.1) is 18.5 Å². The Morgan fingerprint density at radius 2 is 2.06 bits per heavy atom. The highest BCUT2D eigenvalue weighted by Gasteiger charge is 2.58. The van der Waals surface area contributed by atoms with Gasteiger partial charge in [0.1, 0.15) is 5.60 Å². The molecule has 17 heavy (non-hydrogen) atoms. The molecule has 2 heterocycles. The molecule has 2 saturated heterocycles. The van der Waals surface area contributed by atoms with E-state index in [4.69, 9.17) is 4.74 Å². The third-order valence-electron chi connectivity index (χ3n) is 3.13. The van der Waals surface area contributed by atoms with Crippen molar-refractivity contribution in [3.8, 4) is 0 Å². The number of nitrogens with one attached hydrogen (secondary N) is 1. The van der Waals surface area contributed by atoms with E-state index in [2.05, 4.69) is 5.32 Å². The van der Waals surface area contributed by atoms with Gasteiger partial charge in [0, 0.05) is 13.1 Å². The Hall–Kier alpha value is -0.910. The van der Waals surface area contributed by atoms with E-state index in [1.807, 2.05) is 0 Å². The molecule has 0 aliphatic carbocycles. The van der Waals surface area contributed by atoms with Crippen LogP contribution < -0.4 is 5.32 Å². The van der Waals surface area contributed by atoms with Gasteiger partial charge in [-0.3, -0.25) is 4.90 Å². The number of rotatable bonds is 0. The van der Waals surface area contributed by atoms with Crippen LogP contribution in [-0.2, 0) is 4.74 Å². The zero-order chi connectivity index (χ0) is 12.8. The van der Waals surface area contributed by atoms with E-state index in [9.17, 15) is 13.6 Å². The molecular weight excluding hydrogens is 230 g/mol. The van der Waals surface area contributed by atoms with Crippen LogP contribution in [0, 0.1) is 5.92 Å². The zero-order valence-electron chi connectivity index (χ0n) is 10.3. The number of nitrogens with zero attached hydrogens (tertiary/aromatic N) is 1. The number of hydrogen-bond donors (Lipinski definition) is 1. The summed E-state index contributed by atoms with van der Waals surface area (Å²) in [4.78, 5) is 13.0. The van der Waals surface area contributed by atoms with Gasteiger partial charge in [-0.25, -0.2) is 13.6 Å². The fourth-order valence-electron chi connectivity index (χ4n) is 2.41. The normalized spacial score (nSPS) is 31.5. The lowest BCUT2D eigenvalue weighted by atomic mass is 10.0. The smallest absolute Gasteiger partial charge is 0.410 e. The zero-order valence-corrected chi connectivity index (χ0v) is 10.3. The highest BCUT2D eigenvalue weighted by molar-refractivity contribution is 5.69. The molecule has 2 unspecified atom stereocenters. The number of carbonyl (C=O) groups excluding carboxylic acids is 1. The molecular formula is C11H18F2N2O2. The van der Waals surface area contributed by atoms with E-state index >= 15 is 0 Å². The Morgan fingerprint density at radius 3 is 2.65 bits per heavy atom. The van der Waals surface area contributed by atoms with Crippen LogP contribution in [0.5, 0.6) is 0 Å². The number of carbonyl (C=O) groups is 1. The van der Waals surface area contributed by atoms with Gasteiger partial charge >= 0.3 is 6.09 Å². The Morgan fingerprint density at radius 1 is 1.41 bits per heavy atom. The Bertz CT molecular complexity index is 328. The van der Waals surface area contributed by atoms with Crippen molar-refractivity contribution in [1.29, 1.82) is 0 Å². The largest absolute Gasteiger partial charge is 0.444 e. The predicted octanol–water partition coefficient (Wildman–Crippen LogP) is 1.46. The lowest BCUT2D eigenvalue weighted by molar-refractivity contribution is -0.0274. The van der Waals surface area contributed by atoms with Crippen molar-refractivity contribution in [2.75, 3.05) is 19.6 Å². The first-order valence-electron chi connectivity index (χ1n) is 5.79. The minimum Gasteiger partial charge on any atom is -0.444 e. The number of alkyl halides is 2. The molecule has 0 saturated carbocycles. The van der Waals surface area contributed by atoms with Gasteiger partial charge in [0.15, 0.2) is 0 Å². The fraction of sp³-hybridized carbons (Fsp3) is 0.909. The second kappa shape index (κ2) is 3.80. The Labute approximate surface area is 99.3 Å². The summed E-state index contributed by atoms with van der Waals surface area (Å²) in [6, 6.07) is -0.445. The van der Waals surface area contributed by atoms with E-state index in [1.165, 1.54) is 0 Å². The van der Waals surface area contributed by atoms with Crippen LogP contribution >= 0.6 is 0 Å². The van der Waals surface area contributed by atoms with Crippen LogP contribution in [0.2, 0.25) is 0 Å². The Balaban J connectivity index is 2.10. The summed E-state index contributed by atoms with van der Waals surface area (Å²) in [7, 11) is 0. The van der Waals surface area contributed by atoms with Crippen molar-refractivity contribution in [3.05, 3.63) is 0 Å². The first-order valence-corrected chi connectivity index (χ1v) is 5.79. The van der Waals surface area contributed by atoms with Crippen LogP contribution in [-0.4, -0.2) is 48.2 Å². The van der Waals surface area contributed by atoms with Crippen molar-refractivity contribution < 1.29 is 18.3 Å². The average Bonchev–Trinajstić information content (AvgIpc) is 2.66. The third kappa shape index (κ3) is 2.36. The number of fused-ring (bicyclic) bond motifs is 1. The van der Waals surface area contributed by atoms with E-state index < -0.39 is 36.1 Å². The maximum Gasteiger partial charge on any atom is 0.410 e. The lowest BCUT2D eigenvalue weighted by Gasteiger charge is -2.27. The first-order chi connectivity index (χ1) is 7.71. The van der Waals surface area contributed by atoms with Gasteiger partial charge < -0.3 is 10.1 Å². The number of hydrogen-bond acceptors (Lipinski definition) is 3. The summed E-state index contributed by atoms with van der Waals surface area (Å²) >= 11 is 0. The molecule has 0 aromatic rings. The first kappa shape index (κ1) is 12.5. The monoisotopic (exact) mass is 248 g/mol. The average molecular weight is 248 g/mol. The molecule has 2 fully saturated rings. The van der Waals surface area contributed by atoms with Gasteiger partial charge in [-0.15, -0.1) is 0 Å². The standard InChI is InChI=1S/C11H18F2N2O2/c1-10(2,3)17-9(16)15-6-11(12,13)7-4-14-5-8(7)15/h7-8,14H,4-6H2,1-3H3. The van der Waals surface area contributed by atoms with Crippen molar-refractivity contribution in [1.82, 2.24) is 10.2 Å². The van der Waals surface area contributed by atoms with Crippen LogP contribution in [0.25, 0.3) is 0 Å². The van der Waals surface area contributed by atoms with E-state index in [-0.39, 0.29) is 6.54 Å². The summed E-state index contributed by atoms with van der Waals surface area (Å²) < 4.78 is 32.5. The second-order valence-corrected chi connectivity index (χ2v) is 5.70. The number of ether oxygens (including phenoxy) is 1. The SMILES string of the molecule is CC(C)(C)OC(=O)N1CC(F)(F)C2CNCC21. The van der Waals surface area contributed by atoms with Crippen LogP contribution in [0.1, 0.15) is 20.8 Å². The predicted molar refractivity (Wildman–Crippen MR) is 58.0 cm³/mol. The molecule has 1 N–H and O–H groups in total. The minimum absolute atomic E-state index is 0.261. The van der Waals surface area contributed by atoms with E-state index in [0.717, 1.165) is 4.90 Å². The fourth-order valence-corrected chi connectivity index (χ4v) is 2.41. The molecule has 0 bridgehead atoms. The summed E-state index contributed by atoms with van der Waals surface area (Å²) in [6.07, 6.45) is -0.645. The Kier molecular flexibility index (Phi) is 2.80. The van der Waals surface area contributed by atoms with Crippen LogP contribution in [0.3, 0.4) is 0 Å². The maximum absolute atomic E-state index is 13.7. The molecule has 98 valence electrons. The van der Waals surface area contributed by atoms with Gasteiger partial charge in [-0.05, 0) is 20.8 Å². The summed E-state index contributed by atoms with van der Waals surface area (Å²) in [6.45, 7) is 5.33. The molecule has 0 spiro atoms. The highest BCUT2D eigenvalue weighted by Crippen LogP contribution is 2.40. The molecule has 2 rings (SSSR count). The van der Waals surface area contributed by atoms with E-state index in [1.54, 1.807) is 20.8 Å². The number of likely N-dealkylation sites (tertiary alicyclic amines) is 1. The second-order valence-electron chi connectivity index (χ2n) is 5.70. The number of amides is 1. The minimum atomic E-state index is -2.81. The maximum atomic E-state index is 13.7. The molecule has 2 aliphatic rings. The van der Waals surface area contributed by atoms with Crippen molar-refractivity contribution in [3.63, 3.8) is 0 Å². The van der Waals surface area contributed by atoms with Crippen molar-refractivity contribution >= 4 is 6.09 Å². The molecule has 6 heteroatoms. The van der Waals surface area contributed by atoms with Gasteiger partial charge in [0.2, 0.25) is 0 Å². The van der Waals surface area contributed by atoms with Gasteiger partial charge in [-0.2, -0.15) is 0 Å². The molecule has 1 amide bonds. The molecule has 0 aromatic carbocycles. The van der Waals surface area contributed by atoms with E-state index in [0.29, 0.717) is 6.54 Å². The molecule has 2 atom stereocenters. The highest BCUT2D eigenvalue weighted by atomic mass is 19.3. The van der Waals surface area contributed by atoms with Crippen LogP contribution in [0.4, 0.5) is 13.6 Å². The van der Waals surface area contributed by atoms with Gasteiger partial charge in [-0.1, -0.05) is 0 Å². The van der Waals surface area contributed by atoms with Gasteiger partial charge in [0.25, 0.3) is 5.92 Å². The summed E-state index contributed by atoms with van der Waals surface area (Å²) in [5.41, 5.74) is -0.656. The molecule has 0 aromatic heterocycles. The third-order valence-corrected chi connectivity index (χ3v) is 3.13.